The van der Waals surface area contributed by atoms with E-state index < -0.39 is 11.9 Å². The maximum Gasteiger partial charge on any atom is 0.352 e. The Hall–Kier alpha value is -2.17. The molecule has 0 heterocycles. The molecule has 1 rings (SSSR count). The minimum atomic E-state index is -0.609. The van der Waals surface area contributed by atoms with Gasteiger partial charge in [-0.05, 0) is 11.5 Å². The van der Waals surface area contributed by atoms with Crippen molar-refractivity contribution in [2.75, 3.05) is 14.2 Å². The van der Waals surface area contributed by atoms with E-state index in [-0.39, 0.29) is 24.1 Å². The van der Waals surface area contributed by atoms with Gasteiger partial charge < -0.3 is 9.47 Å². The molecule has 0 aliphatic heterocycles. The molecule has 1 unspecified atom stereocenters. The normalized spacial score (nSPS) is 12.9. The summed E-state index contributed by atoms with van der Waals surface area (Å²) in [6.45, 7) is 4.02. The molecule has 0 saturated heterocycles. The molecule has 21 heavy (non-hydrogen) atoms. The fourth-order valence-corrected chi connectivity index (χ4v) is 1.92. The fraction of sp³-hybridized carbons (Fsp3) is 0.438. The van der Waals surface area contributed by atoms with Crippen molar-refractivity contribution >= 4 is 17.7 Å². The quantitative estimate of drug-likeness (QED) is 0.597. The van der Waals surface area contributed by atoms with E-state index >= 15 is 0 Å². The van der Waals surface area contributed by atoms with E-state index in [1.54, 1.807) is 0 Å². The van der Waals surface area contributed by atoms with Crippen LogP contribution >= 0.6 is 0 Å². The Balaban J connectivity index is 3.14. The van der Waals surface area contributed by atoms with E-state index in [9.17, 15) is 9.59 Å². The largest absolute Gasteiger partial charge is 0.469 e. The van der Waals surface area contributed by atoms with E-state index in [4.69, 9.17) is 4.74 Å². The minimum Gasteiger partial charge on any atom is -0.469 e. The first kappa shape index (κ1) is 16.9. The summed E-state index contributed by atoms with van der Waals surface area (Å²) in [6, 6.07) is 9.42. The number of methoxy groups -OCH3 is 2. The van der Waals surface area contributed by atoms with Gasteiger partial charge in [0.05, 0.1) is 26.7 Å². The Morgan fingerprint density at radius 1 is 1.10 bits per heavy atom. The maximum atomic E-state index is 11.8. The Bertz CT molecular complexity index is 508. The lowest BCUT2D eigenvalue weighted by Gasteiger charge is -2.18. The predicted octanol–water partition coefficient (Wildman–Crippen LogP) is 2.56. The van der Waals surface area contributed by atoms with Crippen molar-refractivity contribution in [2.24, 2.45) is 10.9 Å². The number of carbonyl (C=O) groups excluding carboxylic acids is 2. The van der Waals surface area contributed by atoms with Gasteiger partial charge in [-0.25, -0.2) is 4.79 Å². The third-order valence-electron chi connectivity index (χ3n) is 3.03. The van der Waals surface area contributed by atoms with Crippen LogP contribution in [0.3, 0.4) is 0 Å². The van der Waals surface area contributed by atoms with Crippen LogP contribution in [0.2, 0.25) is 0 Å². The van der Waals surface area contributed by atoms with E-state index in [0.29, 0.717) is 0 Å². The lowest BCUT2D eigenvalue weighted by atomic mass is 9.96. The zero-order valence-electron chi connectivity index (χ0n) is 12.8. The van der Waals surface area contributed by atoms with Crippen molar-refractivity contribution < 1.29 is 19.1 Å². The molecule has 0 amide bonds. The molecule has 5 heteroatoms. The van der Waals surface area contributed by atoms with Gasteiger partial charge in [0.1, 0.15) is 5.71 Å². The predicted molar refractivity (Wildman–Crippen MR) is 80.1 cm³/mol. The molecule has 0 fully saturated rings. The monoisotopic (exact) mass is 291 g/mol. The van der Waals surface area contributed by atoms with Crippen LogP contribution in [-0.2, 0) is 19.1 Å². The van der Waals surface area contributed by atoms with Gasteiger partial charge in [0.2, 0.25) is 0 Å². The highest BCUT2D eigenvalue weighted by Crippen LogP contribution is 2.26. The van der Waals surface area contributed by atoms with Crippen LogP contribution in [0.15, 0.2) is 35.3 Å². The van der Waals surface area contributed by atoms with Crippen molar-refractivity contribution in [3.63, 3.8) is 0 Å². The van der Waals surface area contributed by atoms with Gasteiger partial charge in [-0.2, -0.15) is 0 Å². The number of carbonyl (C=O) groups is 2. The van der Waals surface area contributed by atoms with E-state index in [2.05, 4.69) is 9.73 Å². The third kappa shape index (κ3) is 5.02. The molecule has 0 aromatic heterocycles. The summed E-state index contributed by atoms with van der Waals surface area (Å²) < 4.78 is 9.29. The lowest BCUT2D eigenvalue weighted by molar-refractivity contribution is -0.140. The zero-order chi connectivity index (χ0) is 15.8. The second-order valence-corrected chi connectivity index (χ2v) is 4.92. The van der Waals surface area contributed by atoms with Crippen molar-refractivity contribution in [1.82, 2.24) is 0 Å². The van der Waals surface area contributed by atoms with Gasteiger partial charge in [-0.3, -0.25) is 9.79 Å². The third-order valence-corrected chi connectivity index (χ3v) is 3.03. The van der Waals surface area contributed by atoms with E-state index in [1.165, 1.54) is 14.2 Å². The molecule has 1 atom stereocenters. The number of esters is 2. The summed E-state index contributed by atoms with van der Waals surface area (Å²) in [7, 11) is 2.54. The molecule has 1 aromatic carbocycles. The molecule has 114 valence electrons. The molecule has 0 aliphatic carbocycles. The first-order valence-electron chi connectivity index (χ1n) is 6.76. The second kappa shape index (κ2) is 8.19. The van der Waals surface area contributed by atoms with Crippen LogP contribution in [0, 0.1) is 5.92 Å². The van der Waals surface area contributed by atoms with Gasteiger partial charge in [-0.15, -0.1) is 0 Å². The molecule has 0 N–H and O–H groups in total. The van der Waals surface area contributed by atoms with Crippen molar-refractivity contribution in [2.45, 2.75) is 26.3 Å². The average molecular weight is 291 g/mol. The van der Waals surface area contributed by atoms with Gasteiger partial charge in [0, 0.05) is 0 Å². The highest BCUT2D eigenvalue weighted by atomic mass is 16.5. The summed E-state index contributed by atoms with van der Waals surface area (Å²) >= 11 is 0. The van der Waals surface area contributed by atoms with Gasteiger partial charge in [0.25, 0.3) is 0 Å². The van der Waals surface area contributed by atoms with Gasteiger partial charge in [0.15, 0.2) is 0 Å². The highest BCUT2D eigenvalue weighted by Gasteiger charge is 2.21. The Labute approximate surface area is 125 Å². The summed E-state index contributed by atoms with van der Waals surface area (Å²) in [4.78, 5) is 27.7. The number of hydrogen-bond acceptors (Lipinski definition) is 5. The zero-order valence-corrected chi connectivity index (χ0v) is 12.8. The fourth-order valence-electron chi connectivity index (χ4n) is 1.92. The van der Waals surface area contributed by atoms with Crippen molar-refractivity contribution in [3.8, 4) is 0 Å². The Kier molecular flexibility index (Phi) is 6.59. The van der Waals surface area contributed by atoms with Gasteiger partial charge in [-0.1, -0.05) is 44.2 Å². The number of benzene rings is 1. The van der Waals surface area contributed by atoms with Crippen LogP contribution in [0.25, 0.3) is 0 Å². The lowest BCUT2D eigenvalue weighted by Crippen LogP contribution is -2.22. The topological polar surface area (TPSA) is 65.0 Å². The number of nitrogens with zero attached hydrogens (tertiary/aromatic N) is 1. The van der Waals surface area contributed by atoms with Crippen molar-refractivity contribution in [3.05, 3.63) is 35.9 Å². The van der Waals surface area contributed by atoms with Crippen LogP contribution in [-0.4, -0.2) is 31.9 Å². The number of rotatable bonds is 6. The molecule has 0 saturated carbocycles. The molecular formula is C16H21NO4. The van der Waals surface area contributed by atoms with Crippen LogP contribution in [0.1, 0.15) is 31.9 Å². The molecular weight excluding hydrogens is 270 g/mol. The standard InChI is InChI=1S/C16H21NO4/c1-11(2)15(12-8-6-5-7-9-12)17-13(16(19)21-4)10-14(18)20-3/h5-9,11,15H,10H2,1-4H3/b17-13+. The van der Waals surface area contributed by atoms with Crippen LogP contribution in [0.4, 0.5) is 0 Å². The highest BCUT2D eigenvalue weighted by molar-refractivity contribution is 6.39. The molecule has 0 radical (unpaired) electrons. The summed E-state index contributed by atoms with van der Waals surface area (Å²) in [5.74, 6) is -0.957. The molecule has 0 aliphatic rings. The Morgan fingerprint density at radius 3 is 2.19 bits per heavy atom. The van der Waals surface area contributed by atoms with Crippen molar-refractivity contribution in [1.29, 1.82) is 0 Å². The average Bonchev–Trinajstić information content (AvgIpc) is 2.50. The number of hydrogen-bond donors (Lipinski definition) is 0. The van der Waals surface area contributed by atoms with E-state index in [0.717, 1.165) is 5.56 Å². The summed E-state index contributed by atoms with van der Waals surface area (Å²) in [5, 5.41) is 0. The Morgan fingerprint density at radius 2 is 1.71 bits per heavy atom. The summed E-state index contributed by atoms with van der Waals surface area (Å²) in [6.07, 6.45) is -0.195. The first-order chi connectivity index (χ1) is 9.99. The SMILES string of the molecule is COC(=O)C/C(=N\C(c1ccccc1)C(C)C)C(=O)OC. The molecule has 0 spiro atoms. The van der Waals surface area contributed by atoms with E-state index in [1.807, 2.05) is 44.2 Å². The molecule has 5 nitrogen and oxygen atoms in total. The molecule has 0 bridgehead atoms. The number of ether oxygens (including phenoxy) is 2. The summed E-state index contributed by atoms with van der Waals surface area (Å²) in [5.41, 5.74) is 1.06. The second-order valence-electron chi connectivity index (χ2n) is 4.92. The van der Waals surface area contributed by atoms with Crippen LogP contribution in [0.5, 0.6) is 0 Å². The van der Waals surface area contributed by atoms with Gasteiger partial charge >= 0.3 is 11.9 Å². The number of aliphatic imine (C=N–C) groups is 1. The molecule has 1 aromatic rings. The van der Waals surface area contributed by atoms with Crippen LogP contribution < -0.4 is 0 Å². The first-order valence-corrected chi connectivity index (χ1v) is 6.76. The maximum absolute atomic E-state index is 11.8. The minimum absolute atomic E-state index is 0.0758. The smallest absolute Gasteiger partial charge is 0.352 e.